The standard InChI is InChI=1S/C13H21N3O2S.2ClH/c1-8(11-7-19-9(2)16-11)15-13(17)12(14)10-3-5-18-6-4-10;;/h7-8,10,12H,3-6,14H2,1-2H3,(H,15,17);2*1H. The number of ether oxygens (including phenoxy) is 1. The molecule has 2 unspecified atom stereocenters. The van der Waals surface area contributed by atoms with Gasteiger partial charge in [-0.2, -0.15) is 0 Å². The Morgan fingerprint density at radius 1 is 1.48 bits per heavy atom. The molecule has 1 aromatic rings. The summed E-state index contributed by atoms with van der Waals surface area (Å²) in [4.78, 5) is 16.5. The molecule has 0 bridgehead atoms. The van der Waals surface area contributed by atoms with Crippen LogP contribution in [0.5, 0.6) is 0 Å². The molecule has 1 aliphatic heterocycles. The van der Waals surface area contributed by atoms with Crippen molar-refractivity contribution in [2.45, 2.75) is 38.8 Å². The average Bonchev–Trinajstić information content (AvgIpc) is 2.85. The summed E-state index contributed by atoms with van der Waals surface area (Å²) in [5, 5.41) is 5.92. The van der Waals surface area contributed by atoms with Crippen molar-refractivity contribution in [2.75, 3.05) is 13.2 Å². The van der Waals surface area contributed by atoms with Crippen molar-refractivity contribution < 1.29 is 9.53 Å². The molecule has 3 N–H and O–H groups in total. The predicted molar refractivity (Wildman–Crippen MR) is 89.4 cm³/mol. The first-order chi connectivity index (χ1) is 9.08. The van der Waals surface area contributed by atoms with Crippen LogP contribution in [0.4, 0.5) is 0 Å². The molecule has 1 aliphatic rings. The number of nitrogens with one attached hydrogen (secondary N) is 1. The first kappa shape index (κ1) is 20.6. The largest absolute Gasteiger partial charge is 0.381 e. The fourth-order valence-corrected chi connectivity index (χ4v) is 2.96. The summed E-state index contributed by atoms with van der Waals surface area (Å²) in [6.45, 7) is 5.29. The van der Waals surface area contributed by atoms with Gasteiger partial charge in [0.1, 0.15) is 0 Å². The number of amides is 1. The molecule has 0 radical (unpaired) electrons. The molecule has 21 heavy (non-hydrogen) atoms. The number of hydrogen-bond donors (Lipinski definition) is 2. The Morgan fingerprint density at radius 3 is 2.62 bits per heavy atom. The van der Waals surface area contributed by atoms with E-state index in [4.69, 9.17) is 10.5 Å². The smallest absolute Gasteiger partial charge is 0.237 e. The molecule has 8 heteroatoms. The maximum Gasteiger partial charge on any atom is 0.237 e. The summed E-state index contributed by atoms with van der Waals surface area (Å²) in [6.07, 6.45) is 1.72. The van der Waals surface area contributed by atoms with Crippen LogP contribution in [0.2, 0.25) is 0 Å². The van der Waals surface area contributed by atoms with Gasteiger partial charge in [0, 0.05) is 18.6 Å². The normalized spacial score (nSPS) is 18.0. The van der Waals surface area contributed by atoms with Crippen molar-refractivity contribution in [1.29, 1.82) is 0 Å². The van der Waals surface area contributed by atoms with Gasteiger partial charge in [0.2, 0.25) is 5.91 Å². The van der Waals surface area contributed by atoms with Gasteiger partial charge in [0.15, 0.2) is 0 Å². The van der Waals surface area contributed by atoms with Gasteiger partial charge in [0.25, 0.3) is 0 Å². The zero-order valence-electron chi connectivity index (χ0n) is 12.2. The van der Waals surface area contributed by atoms with Crippen LogP contribution in [-0.2, 0) is 9.53 Å². The van der Waals surface area contributed by atoms with E-state index in [1.54, 1.807) is 11.3 Å². The summed E-state index contributed by atoms with van der Waals surface area (Å²) in [5.74, 6) is 0.128. The molecule has 122 valence electrons. The van der Waals surface area contributed by atoms with Crippen LogP contribution in [0, 0.1) is 12.8 Å². The number of carbonyl (C=O) groups excluding carboxylic acids is 1. The van der Waals surface area contributed by atoms with Gasteiger partial charge in [-0.1, -0.05) is 0 Å². The lowest BCUT2D eigenvalue weighted by Crippen LogP contribution is -2.47. The lowest BCUT2D eigenvalue weighted by atomic mass is 9.91. The molecule has 1 amide bonds. The topological polar surface area (TPSA) is 77.2 Å². The minimum Gasteiger partial charge on any atom is -0.381 e. The van der Waals surface area contributed by atoms with E-state index in [-0.39, 0.29) is 42.7 Å². The van der Waals surface area contributed by atoms with Crippen molar-refractivity contribution in [1.82, 2.24) is 10.3 Å². The molecule has 2 heterocycles. The number of rotatable bonds is 4. The summed E-state index contributed by atoms with van der Waals surface area (Å²) in [7, 11) is 0. The molecule has 2 atom stereocenters. The zero-order valence-corrected chi connectivity index (χ0v) is 14.7. The van der Waals surface area contributed by atoms with E-state index in [9.17, 15) is 4.79 Å². The molecule has 2 rings (SSSR count). The predicted octanol–water partition coefficient (Wildman–Crippen LogP) is 2.23. The second-order valence-corrected chi connectivity index (χ2v) is 6.06. The van der Waals surface area contributed by atoms with Gasteiger partial charge in [0.05, 0.1) is 22.8 Å². The van der Waals surface area contributed by atoms with Crippen LogP contribution in [0.3, 0.4) is 0 Å². The SMILES string of the molecule is Cc1nc(C(C)NC(=O)C(N)C2CCOCC2)cs1.Cl.Cl. The maximum absolute atomic E-state index is 12.1. The summed E-state index contributed by atoms with van der Waals surface area (Å²) in [6, 6.07) is -0.547. The van der Waals surface area contributed by atoms with E-state index in [1.165, 1.54) is 0 Å². The van der Waals surface area contributed by atoms with E-state index in [0.29, 0.717) is 13.2 Å². The highest BCUT2D eigenvalue weighted by molar-refractivity contribution is 7.09. The number of nitrogens with zero attached hydrogens (tertiary/aromatic N) is 1. The van der Waals surface area contributed by atoms with Crippen LogP contribution in [0.25, 0.3) is 0 Å². The first-order valence-electron chi connectivity index (χ1n) is 6.63. The van der Waals surface area contributed by atoms with Gasteiger partial charge in [-0.3, -0.25) is 4.79 Å². The van der Waals surface area contributed by atoms with Gasteiger partial charge >= 0.3 is 0 Å². The first-order valence-corrected chi connectivity index (χ1v) is 7.51. The third kappa shape index (κ3) is 5.71. The Balaban J connectivity index is 0.00000200. The number of aryl methyl sites for hydroxylation is 1. The molecule has 0 spiro atoms. The summed E-state index contributed by atoms with van der Waals surface area (Å²) < 4.78 is 5.29. The number of halogens is 2. The van der Waals surface area contributed by atoms with Crippen molar-refractivity contribution in [3.05, 3.63) is 16.1 Å². The van der Waals surface area contributed by atoms with Crippen molar-refractivity contribution in [2.24, 2.45) is 11.7 Å². The molecule has 1 aromatic heterocycles. The van der Waals surface area contributed by atoms with Gasteiger partial charge in [-0.05, 0) is 32.6 Å². The number of thiazole rings is 1. The van der Waals surface area contributed by atoms with Gasteiger partial charge < -0.3 is 15.8 Å². The second kappa shape index (κ2) is 9.58. The highest BCUT2D eigenvalue weighted by Crippen LogP contribution is 2.19. The van der Waals surface area contributed by atoms with Crippen LogP contribution in [0.15, 0.2) is 5.38 Å². The Kier molecular flexibility index (Phi) is 9.40. The van der Waals surface area contributed by atoms with Crippen molar-refractivity contribution >= 4 is 42.1 Å². The van der Waals surface area contributed by atoms with Crippen molar-refractivity contribution in [3.8, 4) is 0 Å². The molecule has 0 saturated carbocycles. The van der Waals surface area contributed by atoms with E-state index in [2.05, 4.69) is 10.3 Å². The molecule has 1 saturated heterocycles. The van der Waals surface area contributed by atoms with Crippen LogP contribution in [0.1, 0.15) is 36.5 Å². The van der Waals surface area contributed by atoms with E-state index < -0.39 is 6.04 Å². The zero-order chi connectivity index (χ0) is 13.8. The fourth-order valence-electron chi connectivity index (χ4n) is 2.25. The molecule has 5 nitrogen and oxygen atoms in total. The maximum atomic E-state index is 12.1. The number of hydrogen-bond acceptors (Lipinski definition) is 5. The Morgan fingerprint density at radius 2 is 2.10 bits per heavy atom. The minimum absolute atomic E-state index is 0. The number of carbonyl (C=O) groups is 1. The number of aromatic nitrogens is 1. The fraction of sp³-hybridized carbons (Fsp3) is 0.692. The summed E-state index contributed by atoms with van der Waals surface area (Å²) >= 11 is 1.59. The van der Waals surface area contributed by atoms with E-state index >= 15 is 0 Å². The molecular formula is C13H23Cl2N3O2S. The average molecular weight is 356 g/mol. The summed E-state index contributed by atoms with van der Waals surface area (Å²) in [5.41, 5.74) is 6.94. The Hall–Kier alpha value is -0.400. The third-order valence-electron chi connectivity index (χ3n) is 3.52. The number of nitrogens with two attached hydrogens (primary N) is 1. The lowest BCUT2D eigenvalue weighted by molar-refractivity contribution is -0.125. The monoisotopic (exact) mass is 355 g/mol. The highest BCUT2D eigenvalue weighted by atomic mass is 35.5. The van der Waals surface area contributed by atoms with E-state index in [0.717, 1.165) is 23.5 Å². The molecule has 1 fully saturated rings. The minimum atomic E-state index is -0.453. The Bertz CT molecular complexity index is 439. The lowest BCUT2D eigenvalue weighted by Gasteiger charge is -2.27. The quantitative estimate of drug-likeness (QED) is 0.867. The van der Waals surface area contributed by atoms with Crippen LogP contribution < -0.4 is 11.1 Å². The van der Waals surface area contributed by atoms with Crippen LogP contribution in [-0.4, -0.2) is 30.1 Å². The van der Waals surface area contributed by atoms with Gasteiger partial charge in [-0.25, -0.2) is 4.98 Å². The van der Waals surface area contributed by atoms with Crippen LogP contribution >= 0.6 is 36.2 Å². The van der Waals surface area contributed by atoms with Crippen molar-refractivity contribution in [3.63, 3.8) is 0 Å². The Labute approximate surface area is 141 Å². The third-order valence-corrected chi connectivity index (χ3v) is 4.31. The molecule has 0 aliphatic carbocycles. The molecular weight excluding hydrogens is 333 g/mol. The highest BCUT2D eigenvalue weighted by Gasteiger charge is 2.27. The second-order valence-electron chi connectivity index (χ2n) is 5.00. The molecule has 0 aromatic carbocycles. The van der Waals surface area contributed by atoms with E-state index in [1.807, 2.05) is 19.2 Å². The van der Waals surface area contributed by atoms with Gasteiger partial charge in [-0.15, -0.1) is 36.2 Å².